The molecule has 0 saturated carbocycles. The van der Waals surface area contributed by atoms with E-state index in [0.29, 0.717) is 17.4 Å². The van der Waals surface area contributed by atoms with E-state index in [2.05, 4.69) is 15.2 Å². The van der Waals surface area contributed by atoms with Crippen LogP contribution >= 0.6 is 12.2 Å². The number of para-hydroxylation sites is 1. The molecule has 1 aliphatic rings. The number of nitrogens with one attached hydrogen (secondary N) is 2. The number of ether oxygens (including phenoxy) is 1. The van der Waals surface area contributed by atoms with E-state index in [-0.39, 0.29) is 22.8 Å². The number of benzene rings is 1. The molecule has 0 bridgehead atoms. The molecule has 8 heteroatoms. The van der Waals surface area contributed by atoms with Crippen LogP contribution in [0, 0.1) is 4.77 Å². The van der Waals surface area contributed by atoms with Crippen LogP contribution in [0.1, 0.15) is 6.42 Å². The van der Waals surface area contributed by atoms with Gasteiger partial charge in [-0.2, -0.15) is 0 Å². The van der Waals surface area contributed by atoms with Gasteiger partial charge in [0.25, 0.3) is 5.56 Å². The van der Waals surface area contributed by atoms with E-state index in [0.717, 1.165) is 39.3 Å². The van der Waals surface area contributed by atoms with E-state index in [4.69, 9.17) is 17.0 Å². The van der Waals surface area contributed by atoms with Crippen molar-refractivity contribution in [3.63, 3.8) is 0 Å². The Kier molecular flexibility index (Phi) is 5.95. The lowest BCUT2D eigenvalue weighted by Crippen LogP contribution is -2.38. The molecule has 1 amide bonds. The van der Waals surface area contributed by atoms with E-state index >= 15 is 0 Å². The monoisotopic (exact) mass is 362 g/mol. The van der Waals surface area contributed by atoms with E-state index < -0.39 is 0 Å². The molecule has 2 aromatic rings. The highest BCUT2D eigenvalue weighted by atomic mass is 32.1. The van der Waals surface area contributed by atoms with Crippen molar-refractivity contribution in [1.82, 2.24) is 19.8 Å². The number of carbonyl (C=O) groups excluding carboxylic acids is 1. The van der Waals surface area contributed by atoms with Crippen LogP contribution in [-0.2, 0) is 16.1 Å². The van der Waals surface area contributed by atoms with Crippen LogP contribution in [0.3, 0.4) is 0 Å². The molecule has 0 atom stereocenters. The summed E-state index contributed by atoms with van der Waals surface area (Å²) >= 11 is 5.22. The van der Waals surface area contributed by atoms with Crippen molar-refractivity contribution < 1.29 is 9.53 Å². The largest absolute Gasteiger partial charge is 0.379 e. The molecular formula is C17H22N4O3S. The molecule has 134 valence electrons. The maximum Gasteiger partial charge on any atom is 0.262 e. The Morgan fingerprint density at radius 3 is 2.84 bits per heavy atom. The lowest BCUT2D eigenvalue weighted by Gasteiger charge is -2.26. The molecule has 2 heterocycles. The van der Waals surface area contributed by atoms with E-state index in [1.54, 1.807) is 18.2 Å². The summed E-state index contributed by atoms with van der Waals surface area (Å²) in [4.78, 5) is 30.0. The van der Waals surface area contributed by atoms with Crippen molar-refractivity contribution >= 4 is 29.0 Å². The zero-order valence-electron chi connectivity index (χ0n) is 14.0. The summed E-state index contributed by atoms with van der Waals surface area (Å²) in [5.41, 5.74) is 0.433. The number of morpholine rings is 1. The molecule has 3 rings (SSSR count). The third kappa shape index (κ3) is 4.53. The smallest absolute Gasteiger partial charge is 0.262 e. The average molecular weight is 362 g/mol. The molecule has 0 radical (unpaired) electrons. The number of fused-ring (bicyclic) bond motifs is 1. The van der Waals surface area contributed by atoms with Crippen molar-refractivity contribution in [3.05, 3.63) is 39.4 Å². The lowest BCUT2D eigenvalue weighted by molar-refractivity contribution is -0.121. The third-order valence-electron chi connectivity index (χ3n) is 4.27. The van der Waals surface area contributed by atoms with Crippen molar-refractivity contribution in [1.29, 1.82) is 0 Å². The topological polar surface area (TPSA) is 79.4 Å². The number of amides is 1. The van der Waals surface area contributed by atoms with Crippen LogP contribution in [0.4, 0.5) is 0 Å². The zero-order valence-corrected chi connectivity index (χ0v) is 14.8. The zero-order chi connectivity index (χ0) is 17.6. The molecule has 1 aliphatic heterocycles. The summed E-state index contributed by atoms with van der Waals surface area (Å²) in [7, 11) is 0. The Morgan fingerprint density at radius 2 is 2.04 bits per heavy atom. The SMILES string of the molecule is O=C(Cn1c(=S)[nH]c2ccccc2c1=O)NCCCN1CCOCC1. The van der Waals surface area contributed by atoms with Gasteiger partial charge in [-0.15, -0.1) is 0 Å². The minimum absolute atomic E-state index is 0.0729. The van der Waals surface area contributed by atoms with Gasteiger partial charge in [0, 0.05) is 19.6 Å². The quantitative estimate of drug-likeness (QED) is 0.590. The number of aromatic amines is 1. The Labute approximate surface area is 150 Å². The molecule has 1 fully saturated rings. The molecule has 0 unspecified atom stereocenters. The molecule has 1 aromatic carbocycles. The van der Waals surface area contributed by atoms with Crippen LogP contribution in [0.5, 0.6) is 0 Å². The minimum atomic E-state index is -0.247. The number of hydrogen-bond acceptors (Lipinski definition) is 5. The highest BCUT2D eigenvalue weighted by Gasteiger charge is 2.11. The normalized spacial score (nSPS) is 15.4. The van der Waals surface area contributed by atoms with Gasteiger partial charge in [-0.05, 0) is 37.3 Å². The minimum Gasteiger partial charge on any atom is -0.379 e. The van der Waals surface area contributed by atoms with Crippen LogP contribution in [0.15, 0.2) is 29.1 Å². The van der Waals surface area contributed by atoms with Gasteiger partial charge in [0.15, 0.2) is 4.77 Å². The summed E-state index contributed by atoms with van der Waals surface area (Å²) in [5, 5.41) is 3.38. The van der Waals surface area contributed by atoms with Crippen molar-refractivity contribution in [2.75, 3.05) is 39.4 Å². The van der Waals surface area contributed by atoms with E-state index in [9.17, 15) is 9.59 Å². The fourth-order valence-corrected chi connectivity index (χ4v) is 3.15. The highest BCUT2D eigenvalue weighted by molar-refractivity contribution is 7.71. The highest BCUT2D eigenvalue weighted by Crippen LogP contribution is 2.05. The average Bonchev–Trinajstić information content (AvgIpc) is 2.63. The fourth-order valence-electron chi connectivity index (χ4n) is 2.90. The summed E-state index contributed by atoms with van der Waals surface area (Å²) in [6.45, 7) is 4.86. The molecule has 25 heavy (non-hydrogen) atoms. The lowest BCUT2D eigenvalue weighted by atomic mass is 10.2. The van der Waals surface area contributed by atoms with Gasteiger partial charge in [-0.3, -0.25) is 19.1 Å². The predicted molar refractivity (Wildman–Crippen MR) is 98.3 cm³/mol. The van der Waals surface area contributed by atoms with Gasteiger partial charge in [0.1, 0.15) is 6.54 Å². The molecule has 7 nitrogen and oxygen atoms in total. The van der Waals surface area contributed by atoms with Gasteiger partial charge in [-0.25, -0.2) is 0 Å². The summed E-state index contributed by atoms with van der Waals surface area (Å²) in [6, 6.07) is 7.14. The molecular weight excluding hydrogens is 340 g/mol. The van der Waals surface area contributed by atoms with Crippen molar-refractivity contribution in [2.24, 2.45) is 0 Å². The Balaban J connectivity index is 1.55. The Hall–Kier alpha value is -2.03. The number of carbonyl (C=O) groups is 1. The fraction of sp³-hybridized carbons (Fsp3) is 0.471. The molecule has 1 aromatic heterocycles. The standard InChI is InChI=1S/C17H22N4O3S/c22-15(18-6-3-7-20-8-10-24-11-9-20)12-21-16(23)13-4-1-2-5-14(13)19-17(21)25/h1-2,4-5H,3,6-12H2,(H,18,22)(H,19,25). The second-order valence-corrected chi connectivity index (χ2v) is 6.41. The maximum absolute atomic E-state index is 12.5. The van der Waals surface area contributed by atoms with Crippen LogP contribution in [-0.4, -0.2) is 59.8 Å². The second-order valence-electron chi connectivity index (χ2n) is 6.02. The summed E-state index contributed by atoms with van der Waals surface area (Å²) in [5.74, 6) is -0.209. The first-order valence-electron chi connectivity index (χ1n) is 8.44. The summed E-state index contributed by atoms with van der Waals surface area (Å²) < 4.78 is 6.86. The first kappa shape index (κ1) is 17.8. The van der Waals surface area contributed by atoms with Gasteiger partial charge in [0.2, 0.25) is 5.91 Å². The molecule has 0 spiro atoms. The third-order valence-corrected chi connectivity index (χ3v) is 4.59. The van der Waals surface area contributed by atoms with E-state index in [1.165, 1.54) is 4.57 Å². The van der Waals surface area contributed by atoms with Crippen molar-refractivity contribution in [2.45, 2.75) is 13.0 Å². The molecule has 1 saturated heterocycles. The first-order chi connectivity index (χ1) is 12.1. The Bertz CT molecular complexity index is 855. The molecule has 2 N–H and O–H groups in total. The Morgan fingerprint density at radius 1 is 1.28 bits per heavy atom. The summed E-state index contributed by atoms with van der Waals surface area (Å²) in [6.07, 6.45) is 0.866. The van der Waals surface area contributed by atoms with Gasteiger partial charge < -0.3 is 15.0 Å². The van der Waals surface area contributed by atoms with Crippen molar-refractivity contribution in [3.8, 4) is 0 Å². The number of rotatable bonds is 6. The van der Waals surface area contributed by atoms with Gasteiger partial charge in [-0.1, -0.05) is 12.1 Å². The number of nitrogens with zero attached hydrogens (tertiary/aromatic N) is 2. The van der Waals surface area contributed by atoms with Gasteiger partial charge in [0.05, 0.1) is 24.1 Å². The number of hydrogen-bond donors (Lipinski definition) is 2. The number of H-pyrrole nitrogens is 1. The van der Waals surface area contributed by atoms with E-state index in [1.807, 2.05) is 6.07 Å². The maximum atomic E-state index is 12.5. The van der Waals surface area contributed by atoms with Crippen LogP contribution in [0.25, 0.3) is 10.9 Å². The molecule has 0 aliphatic carbocycles. The first-order valence-corrected chi connectivity index (χ1v) is 8.84. The van der Waals surface area contributed by atoms with Gasteiger partial charge >= 0.3 is 0 Å². The van der Waals surface area contributed by atoms with Crippen LogP contribution < -0.4 is 10.9 Å². The number of aromatic nitrogens is 2. The second kappa shape index (κ2) is 8.37. The van der Waals surface area contributed by atoms with Crippen LogP contribution in [0.2, 0.25) is 0 Å². The predicted octanol–water partition coefficient (Wildman–Crippen LogP) is 0.898.